The molecular weight excluding hydrogens is 210 g/mol. The van der Waals surface area contributed by atoms with E-state index in [0.29, 0.717) is 0 Å². The van der Waals surface area contributed by atoms with E-state index in [1.54, 1.807) is 24.5 Å². The van der Waals surface area contributed by atoms with Gasteiger partial charge in [0.05, 0.1) is 0 Å². The summed E-state index contributed by atoms with van der Waals surface area (Å²) in [6.07, 6.45) is 3.21. The van der Waals surface area contributed by atoms with Gasteiger partial charge in [0.1, 0.15) is 0 Å². The second kappa shape index (κ2) is 5.82. The van der Waals surface area contributed by atoms with Gasteiger partial charge in [0, 0.05) is 18.9 Å². The lowest BCUT2D eigenvalue weighted by Crippen LogP contribution is -2.47. The van der Waals surface area contributed by atoms with Gasteiger partial charge >= 0.3 is 5.97 Å². The first kappa shape index (κ1) is 12.1. The predicted molar refractivity (Wildman–Crippen MR) is 56.6 cm³/mol. The van der Waals surface area contributed by atoms with Crippen LogP contribution in [-0.4, -0.2) is 35.1 Å². The SMILES string of the molecule is CNC(C(=O)O)C(=O)NCc1ccncc1. The predicted octanol–water partition coefficient (Wildman–Crippen LogP) is -0.630. The first-order valence-corrected chi connectivity index (χ1v) is 4.72. The van der Waals surface area contributed by atoms with E-state index in [1.807, 2.05) is 0 Å². The van der Waals surface area contributed by atoms with Crippen LogP contribution in [0, 0.1) is 0 Å². The molecule has 0 fully saturated rings. The van der Waals surface area contributed by atoms with Crippen LogP contribution in [0.25, 0.3) is 0 Å². The average molecular weight is 223 g/mol. The van der Waals surface area contributed by atoms with Crippen LogP contribution < -0.4 is 10.6 Å². The third-order valence-corrected chi connectivity index (χ3v) is 2.01. The van der Waals surface area contributed by atoms with Crippen LogP contribution in [0.2, 0.25) is 0 Å². The molecule has 1 atom stereocenters. The molecular formula is C10H13N3O3. The van der Waals surface area contributed by atoms with E-state index in [9.17, 15) is 9.59 Å². The zero-order valence-electron chi connectivity index (χ0n) is 8.80. The van der Waals surface area contributed by atoms with Gasteiger partial charge in [0.25, 0.3) is 0 Å². The van der Waals surface area contributed by atoms with Crippen LogP contribution in [-0.2, 0) is 16.1 Å². The summed E-state index contributed by atoms with van der Waals surface area (Å²) < 4.78 is 0. The van der Waals surface area contributed by atoms with E-state index in [1.165, 1.54) is 7.05 Å². The number of carbonyl (C=O) groups is 2. The quantitative estimate of drug-likeness (QED) is 0.578. The average Bonchev–Trinajstić information content (AvgIpc) is 2.28. The molecule has 0 bridgehead atoms. The van der Waals surface area contributed by atoms with Crippen molar-refractivity contribution in [3.8, 4) is 0 Å². The van der Waals surface area contributed by atoms with Crippen LogP contribution in [0.1, 0.15) is 5.56 Å². The highest BCUT2D eigenvalue weighted by Crippen LogP contribution is 1.95. The zero-order chi connectivity index (χ0) is 12.0. The number of nitrogens with zero attached hydrogens (tertiary/aromatic N) is 1. The van der Waals surface area contributed by atoms with Gasteiger partial charge in [-0.25, -0.2) is 4.79 Å². The van der Waals surface area contributed by atoms with Crippen molar-refractivity contribution in [1.29, 1.82) is 0 Å². The van der Waals surface area contributed by atoms with Crippen LogP contribution in [0.15, 0.2) is 24.5 Å². The number of carboxylic acid groups (broad SMARTS) is 1. The molecule has 1 aromatic heterocycles. The molecule has 0 aliphatic carbocycles. The van der Waals surface area contributed by atoms with E-state index >= 15 is 0 Å². The summed E-state index contributed by atoms with van der Waals surface area (Å²) in [6, 6.07) is 2.27. The molecule has 0 spiro atoms. The van der Waals surface area contributed by atoms with Gasteiger partial charge in [-0.05, 0) is 24.7 Å². The highest BCUT2D eigenvalue weighted by Gasteiger charge is 2.23. The standard InChI is InChI=1S/C10H13N3O3/c1-11-8(10(15)16)9(14)13-6-7-2-4-12-5-3-7/h2-5,8,11H,6H2,1H3,(H,13,14)(H,15,16). The summed E-state index contributed by atoms with van der Waals surface area (Å²) in [7, 11) is 1.42. The molecule has 16 heavy (non-hydrogen) atoms. The minimum absolute atomic E-state index is 0.285. The van der Waals surface area contributed by atoms with Crippen molar-refractivity contribution in [1.82, 2.24) is 15.6 Å². The van der Waals surface area contributed by atoms with E-state index in [-0.39, 0.29) is 6.54 Å². The van der Waals surface area contributed by atoms with E-state index in [4.69, 9.17) is 5.11 Å². The number of amides is 1. The second-order valence-electron chi connectivity index (χ2n) is 3.13. The van der Waals surface area contributed by atoms with Crippen LogP contribution in [0.5, 0.6) is 0 Å². The van der Waals surface area contributed by atoms with Gasteiger partial charge in [0.15, 0.2) is 6.04 Å². The molecule has 1 heterocycles. The smallest absolute Gasteiger partial charge is 0.330 e. The number of carboxylic acids is 1. The topological polar surface area (TPSA) is 91.3 Å². The number of nitrogens with one attached hydrogen (secondary N) is 2. The molecule has 1 aromatic rings. The van der Waals surface area contributed by atoms with E-state index in [2.05, 4.69) is 15.6 Å². The van der Waals surface area contributed by atoms with Gasteiger partial charge in [-0.3, -0.25) is 15.1 Å². The maximum Gasteiger partial charge on any atom is 0.330 e. The minimum atomic E-state index is -1.22. The van der Waals surface area contributed by atoms with Crippen molar-refractivity contribution in [2.45, 2.75) is 12.6 Å². The van der Waals surface area contributed by atoms with Crippen molar-refractivity contribution in [3.05, 3.63) is 30.1 Å². The molecule has 0 aliphatic heterocycles. The number of rotatable bonds is 5. The minimum Gasteiger partial charge on any atom is -0.480 e. The lowest BCUT2D eigenvalue weighted by atomic mass is 10.2. The van der Waals surface area contributed by atoms with E-state index < -0.39 is 17.9 Å². The summed E-state index contributed by atoms with van der Waals surface area (Å²) in [4.78, 5) is 25.9. The van der Waals surface area contributed by atoms with Gasteiger partial charge in [-0.15, -0.1) is 0 Å². The molecule has 1 amide bonds. The van der Waals surface area contributed by atoms with Crippen molar-refractivity contribution >= 4 is 11.9 Å². The van der Waals surface area contributed by atoms with Crippen molar-refractivity contribution in [2.75, 3.05) is 7.05 Å². The number of aliphatic carboxylic acids is 1. The first-order chi connectivity index (χ1) is 7.65. The summed E-state index contributed by atoms with van der Waals surface area (Å²) in [6.45, 7) is 0.285. The Morgan fingerprint density at radius 2 is 2.06 bits per heavy atom. The van der Waals surface area contributed by atoms with Gasteiger partial charge in [-0.1, -0.05) is 0 Å². The second-order valence-corrected chi connectivity index (χ2v) is 3.13. The third-order valence-electron chi connectivity index (χ3n) is 2.01. The Morgan fingerprint density at radius 1 is 1.44 bits per heavy atom. The zero-order valence-corrected chi connectivity index (χ0v) is 8.80. The number of pyridine rings is 1. The maximum absolute atomic E-state index is 11.4. The number of aromatic nitrogens is 1. The fraction of sp³-hybridized carbons (Fsp3) is 0.300. The fourth-order valence-corrected chi connectivity index (χ4v) is 1.16. The molecule has 0 saturated heterocycles. The molecule has 1 rings (SSSR count). The van der Waals surface area contributed by atoms with Crippen LogP contribution >= 0.6 is 0 Å². The normalized spacial score (nSPS) is 11.8. The number of hydrogen-bond acceptors (Lipinski definition) is 4. The lowest BCUT2D eigenvalue weighted by Gasteiger charge is -2.11. The van der Waals surface area contributed by atoms with Gasteiger partial charge in [0.2, 0.25) is 5.91 Å². The summed E-state index contributed by atoms with van der Waals surface area (Å²) in [5, 5.41) is 13.6. The van der Waals surface area contributed by atoms with Gasteiger partial charge in [-0.2, -0.15) is 0 Å². The maximum atomic E-state index is 11.4. The van der Waals surface area contributed by atoms with Crippen molar-refractivity contribution in [2.24, 2.45) is 0 Å². The van der Waals surface area contributed by atoms with Crippen LogP contribution in [0.3, 0.4) is 0 Å². The van der Waals surface area contributed by atoms with Gasteiger partial charge < -0.3 is 10.4 Å². The Morgan fingerprint density at radius 3 is 2.56 bits per heavy atom. The molecule has 0 aliphatic rings. The van der Waals surface area contributed by atoms with Crippen molar-refractivity contribution < 1.29 is 14.7 Å². The Balaban J connectivity index is 2.49. The summed E-state index contributed by atoms with van der Waals surface area (Å²) in [5.74, 6) is -1.76. The number of carbonyl (C=O) groups excluding carboxylic acids is 1. The molecule has 1 unspecified atom stereocenters. The first-order valence-electron chi connectivity index (χ1n) is 4.72. The largest absolute Gasteiger partial charge is 0.480 e. The molecule has 6 heteroatoms. The highest BCUT2D eigenvalue weighted by atomic mass is 16.4. The molecule has 3 N–H and O–H groups in total. The monoisotopic (exact) mass is 223 g/mol. The van der Waals surface area contributed by atoms with Crippen molar-refractivity contribution in [3.63, 3.8) is 0 Å². The Labute approximate surface area is 92.7 Å². The fourth-order valence-electron chi connectivity index (χ4n) is 1.16. The van der Waals surface area contributed by atoms with Crippen LogP contribution in [0.4, 0.5) is 0 Å². The molecule has 86 valence electrons. The Hall–Kier alpha value is -1.95. The molecule has 0 radical (unpaired) electrons. The summed E-state index contributed by atoms with van der Waals surface area (Å²) >= 11 is 0. The highest BCUT2D eigenvalue weighted by molar-refractivity contribution is 6.01. The summed E-state index contributed by atoms with van der Waals surface area (Å²) in [5.41, 5.74) is 0.864. The lowest BCUT2D eigenvalue weighted by molar-refractivity contribution is -0.143. The molecule has 0 aromatic carbocycles. The molecule has 6 nitrogen and oxygen atoms in total. The molecule has 0 saturated carbocycles. The Kier molecular flexibility index (Phi) is 4.41. The number of likely N-dealkylation sites (N-methyl/N-ethyl adjacent to an activating group) is 1. The third kappa shape index (κ3) is 3.32. The van der Waals surface area contributed by atoms with E-state index in [0.717, 1.165) is 5.56 Å². The Bertz CT molecular complexity index is 367. The number of hydrogen-bond donors (Lipinski definition) is 3.